The maximum atomic E-state index is 13.7. The molecule has 0 N–H and O–H groups in total. The van der Waals surface area contributed by atoms with E-state index in [1.807, 2.05) is 30.5 Å². The van der Waals surface area contributed by atoms with Crippen LogP contribution >= 0.6 is 0 Å². The van der Waals surface area contributed by atoms with Gasteiger partial charge in [0, 0.05) is 17.8 Å². The van der Waals surface area contributed by atoms with Crippen LogP contribution in [0.15, 0.2) is 60.8 Å². The summed E-state index contributed by atoms with van der Waals surface area (Å²) < 4.78 is 19.3. The maximum absolute atomic E-state index is 13.7. The summed E-state index contributed by atoms with van der Waals surface area (Å²) in [5.74, 6) is -0.164. The van der Waals surface area contributed by atoms with Crippen molar-refractivity contribution >= 4 is 0 Å². The van der Waals surface area contributed by atoms with Crippen molar-refractivity contribution in [2.75, 3.05) is 0 Å². The van der Waals surface area contributed by atoms with Crippen LogP contribution in [0, 0.1) is 17.1 Å². The van der Waals surface area contributed by atoms with Crippen LogP contribution in [0.25, 0.3) is 11.3 Å². The molecule has 0 aliphatic heterocycles. The molecule has 0 aliphatic carbocycles. The predicted octanol–water partition coefficient (Wildman–Crippen LogP) is 6.85. The van der Waals surface area contributed by atoms with Crippen LogP contribution in [0.4, 0.5) is 4.39 Å². The fraction of sp³-hybridized carbons (Fsp3) is 0.308. The first kappa shape index (κ1) is 21.5. The standard InChI is InChI=1S/C26H27FN2O/c1-2-3-4-5-6-7-20-10-15-26(29-18-20)22-11-8-21(9-12-22)19-30-24-14-13-23(17-28)25(27)16-24/h8-16,18H,2-7,19H2,1H3. The normalized spacial score (nSPS) is 10.6. The predicted molar refractivity (Wildman–Crippen MR) is 118 cm³/mol. The fourth-order valence-electron chi connectivity index (χ4n) is 3.29. The average Bonchev–Trinajstić information content (AvgIpc) is 2.78. The van der Waals surface area contributed by atoms with Crippen molar-refractivity contribution < 1.29 is 9.13 Å². The number of ether oxygens (including phenoxy) is 1. The summed E-state index contributed by atoms with van der Waals surface area (Å²) >= 11 is 0. The zero-order valence-corrected chi connectivity index (χ0v) is 17.4. The van der Waals surface area contributed by atoms with Crippen LogP contribution in [-0.2, 0) is 13.0 Å². The highest BCUT2D eigenvalue weighted by molar-refractivity contribution is 5.59. The first-order valence-electron chi connectivity index (χ1n) is 10.6. The maximum Gasteiger partial charge on any atom is 0.144 e. The molecule has 0 saturated heterocycles. The van der Waals surface area contributed by atoms with Crippen molar-refractivity contribution in [1.29, 1.82) is 5.26 Å². The number of aryl methyl sites for hydroxylation is 1. The second-order valence-electron chi connectivity index (χ2n) is 7.45. The molecule has 0 radical (unpaired) electrons. The third-order valence-electron chi connectivity index (χ3n) is 5.11. The molecular weight excluding hydrogens is 375 g/mol. The number of hydrogen-bond acceptors (Lipinski definition) is 3. The molecule has 0 spiro atoms. The topological polar surface area (TPSA) is 45.9 Å². The minimum Gasteiger partial charge on any atom is -0.489 e. The van der Waals surface area contributed by atoms with E-state index in [9.17, 15) is 4.39 Å². The van der Waals surface area contributed by atoms with Crippen LogP contribution < -0.4 is 4.74 Å². The Labute approximate surface area is 178 Å². The van der Waals surface area contributed by atoms with Gasteiger partial charge in [0.25, 0.3) is 0 Å². The zero-order chi connectivity index (χ0) is 21.2. The van der Waals surface area contributed by atoms with E-state index < -0.39 is 5.82 Å². The smallest absolute Gasteiger partial charge is 0.144 e. The lowest BCUT2D eigenvalue weighted by Crippen LogP contribution is -1.96. The number of aromatic nitrogens is 1. The highest BCUT2D eigenvalue weighted by atomic mass is 19.1. The van der Waals surface area contributed by atoms with Gasteiger partial charge in [-0.1, -0.05) is 62.9 Å². The van der Waals surface area contributed by atoms with Crippen LogP contribution in [0.1, 0.15) is 55.7 Å². The Morgan fingerprint density at radius 2 is 1.70 bits per heavy atom. The molecule has 0 atom stereocenters. The van der Waals surface area contributed by atoms with Crippen molar-refractivity contribution in [2.45, 2.75) is 52.1 Å². The van der Waals surface area contributed by atoms with Gasteiger partial charge in [-0.05, 0) is 42.2 Å². The Balaban J connectivity index is 1.52. The lowest BCUT2D eigenvalue weighted by atomic mass is 10.0. The summed E-state index contributed by atoms with van der Waals surface area (Å²) in [6, 6.07) is 18.3. The van der Waals surface area contributed by atoms with E-state index in [-0.39, 0.29) is 5.56 Å². The van der Waals surface area contributed by atoms with E-state index >= 15 is 0 Å². The third kappa shape index (κ3) is 6.15. The van der Waals surface area contributed by atoms with E-state index in [0.29, 0.717) is 12.4 Å². The van der Waals surface area contributed by atoms with Gasteiger partial charge in [-0.3, -0.25) is 4.98 Å². The van der Waals surface area contributed by atoms with Gasteiger partial charge < -0.3 is 4.74 Å². The van der Waals surface area contributed by atoms with Crippen LogP contribution in [0.2, 0.25) is 0 Å². The number of rotatable bonds is 10. The lowest BCUT2D eigenvalue weighted by Gasteiger charge is -2.08. The van der Waals surface area contributed by atoms with Crippen molar-refractivity contribution in [3.05, 3.63) is 83.3 Å². The van der Waals surface area contributed by atoms with Crippen molar-refractivity contribution in [3.63, 3.8) is 0 Å². The Morgan fingerprint density at radius 3 is 2.37 bits per heavy atom. The number of nitriles is 1. The fourth-order valence-corrected chi connectivity index (χ4v) is 3.29. The monoisotopic (exact) mass is 402 g/mol. The number of nitrogens with zero attached hydrogens (tertiary/aromatic N) is 2. The molecule has 4 heteroatoms. The SMILES string of the molecule is CCCCCCCc1ccc(-c2ccc(COc3ccc(C#N)c(F)c3)cc2)nc1. The summed E-state index contributed by atoms with van der Waals surface area (Å²) in [6.07, 6.45) is 9.48. The third-order valence-corrected chi connectivity index (χ3v) is 5.11. The van der Waals surface area contributed by atoms with Gasteiger partial charge in [-0.15, -0.1) is 0 Å². The zero-order valence-electron chi connectivity index (χ0n) is 17.4. The van der Waals surface area contributed by atoms with Gasteiger partial charge in [-0.25, -0.2) is 4.39 Å². The van der Waals surface area contributed by atoms with Crippen molar-refractivity contribution in [2.24, 2.45) is 0 Å². The summed E-state index contributed by atoms with van der Waals surface area (Å²) in [5.41, 5.74) is 4.29. The van der Waals surface area contributed by atoms with E-state index in [0.717, 1.165) is 23.2 Å². The van der Waals surface area contributed by atoms with Crippen LogP contribution in [0.3, 0.4) is 0 Å². The Kier molecular flexibility index (Phi) is 7.97. The molecule has 1 heterocycles. The Hall–Kier alpha value is -3.19. The second kappa shape index (κ2) is 11.1. The van der Waals surface area contributed by atoms with Crippen LogP contribution in [-0.4, -0.2) is 4.98 Å². The molecule has 0 unspecified atom stereocenters. The molecule has 3 nitrogen and oxygen atoms in total. The number of unbranched alkanes of at least 4 members (excludes halogenated alkanes) is 4. The minimum atomic E-state index is -0.569. The van der Waals surface area contributed by atoms with Gasteiger partial charge >= 0.3 is 0 Å². The molecule has 2 aromatic carbocycles. The molecule has 0 bridgehead atoms. The summed E-state index contributed by atoms with van der Waals surface area (Å²) in [4.78, 5) is 4.61. The molecule has 0 amide bonds. The Bertz CT molecular complexity index is 975. The number of hydrogen-bond donors (Lipinski definition) is 0. The number of halogens is 1. The molecule has 1 aromatic heterocycles. The van der Waals surface area contributed by atoms with Gasteiger partial charge in [0.15, 0.2) is 0 Å². The van der Waals surface area contributed by atoms with Gasteiger partial charge in [0.05, 0.1) is 11.3 Å². The van der Waals surface area contributed by atoms with Gasteiger partial charge in [0.1, 0.15) is 24.2 Å². The first-order valence-corrected chi connectivity index (χ1v) is 10.6. The second-order valence-corrected chi connectivity index (χ2v) is 7.45. The quantitative estimate of drug-likeness (QED) is 0.348. The first-order chi connectivity index (χ1) is 14.7. The van der Waals surface area contributed by atoms with E-state index in [1.165, 1.54) is 49.8 Å². The molecular formula is C26H27FN2O. The molecule has 0 fully saturated rings. The van der Waals surface area contributed by atoms with Crippen molar-refractivity contribution in [3.8, 4) is 23.1 Å². The highest BCUT2D eigenvalue weighted by Gasteiger charge is 2.05. The molecule has 0 aliphatic rings. The number of benzene rings is 2. The minimum absolute atomic E-state index is 0.0155. The molecule has 30 heavy (non-hydrogen) atoms. The largest absolute Gasteiger partial charge is 0.489 e. The lowest BCUT2D eigenvalue weighted by molar-refractivity contribution is 0.304. The van der Waals surface area contributed by atoms with Crippen LogP contribution in [0.5, 0.6) is 5.75 Å². The number of pyridine rings is 1. The highest BCUT2D eigenvalue weighted by Crippen LogP contribution is 2.21. The van der Waals surface area contributed by atoms with Gasteiger partial charge in [0.2, 0.25) is 0 Å². The van der Waals surface area contributed by atoms with E-state index in [1.54, 1.807) is 12.1 Å². The Morgan fingerprint density at radius 1 is 0.933 bits per heavy atom. The van der Waals surface area contributed by atoms with E-state index in [4.69, 9.17) is 10.00 Å². The summed E-state index contributed by atoms with van der Waals surface area (Å²) in [7, 11) is 0. The van der Waals surface area contributed by atoms with Crippen molar-refractivity contribution in [1.82, 2.24) is 4.98 Å². The molecule has 3 aromatic rings. The average molecular weight is 403 g/mol. The summed E-state index contributed by atoms with van der Waals surface area (Å²) in [6.45, 7) is 2.56. The molecule has 0 saturated carbocycles. The molecule has 154 valence electrons. The molecule has 3 rings (SSSR count). The van der Waals surface area contributed by atoms with E-state index in [2.05, 4.69) is 24.0 Å². The summed E-state index contributed by atoms with van der Waals surface area (Å²) in [5, 5.41) is 8.78. The van der Waals surface area contributed by atoms with Gasteiger partial charge in [-0.2, -0.15) is 5.26 Å².